The SMILES string of the molecule is CCCNC(CCC1CC1)c1cncnc1. The molecule has 1 fully saturated rings. The van der Waals surface area contributed by atoms with E-state index in [1.54, 1.807) is 6.33 Å². The highest BCUT2D eigenvalue weighted by Gasteiger charge is 2.23. The summed E-state index contributed by atoms with van der Waals surface area (Å²) in [5.74, 6) is 0.996. The van der Waals surface area contributed by atoms with Crippen LogP contribution in [0.5, 0.6) is 0 Å². The molecule has 0 radical (unpaired) electrons. The van der Waals surface area contributed by atoms with Crippen molar-refractivity contribution < 1.29 is 0 Å². The molecule has 1 unspecified atom stereocenters. The predicted octanol–water partition coefficient (Wildman–Crippen LogP) is 2.71. The molecule has 0 saturated heterocycles. The molecule has 3 heteroatoms. The van der Waals surface area contributed by atoms with Crippen molar-refractivity contribution in [3.8, 4) is 0 Å². The maximum absolute atomic E-state index is 4.11. The van der Waals surface area contributed by atoms with Gasteiger partial charge in [-0.05, 0) is 31.7 Å². The van der Waals surface area contributed by atoms with Crippen LogP contribution in [0.1, 0.15) is 50.6 Å². The summed E-state index contributed by atoms with van der Waals surface area (Å²) in [5.41, 5.74) is 1.23. The Hall–Kier alpha value is -0.960. The highest BCUT2D eigenvalue weighted by Crippen LogP contribution is 2.35. The summed E-state index contributed by atoms with van der Waals surface area (Å²) < 4.78 is 0. The van der Waals surface area contributed by atoms with Gasteiger partial charge in [0.05, 0.1) is 0 Å². The highest BCUT2D eigenvalue weighted by molar-refractivity contribution is 5.09. The van der Waals surface area contributed by atoms with Crippen molar-refractivity contribution in [1.29, 1.82) is 0 Å². The van der Waals surface area contributed by atoms with Gasteiger partial charge in [0, 0.05) is 24.0 Å². The smallest absolute Gasteiger partial charge is 0.115 e. The monoisotopic (exact) mass is 219 g/mol. The summed E-state index contributed by atoms with van der Waals surface area (Å²) in [7, 11) is 0. The van der Waals surface area contributed by atoms with E-state index in [0.29, 0.717) is 6.04 Å². The Morgan fingerprint density at radius 2 is 2.12 bits per heavy atom. The molecule has 1 aliphatic rings. The first-order chi connectivity index (χ1) is 7.90. The number of rotatable bonds is 7. The maximum Gasteiger partial charge on any atom is 0.115 e. The summed E-state index contributed by atoms with van der Waals surface area (Å²) in [6, 6.07) is 0.446. The van der Waals surface area contributed by atoms with E-state index >= 15 is 0 Å². The zero-order valence-corrected chi connectivity index (χ0v) is 10.0. The molecule has 0 aromatic carbocycles. The zero-order chi connectivity index (χ0) is 11.2. The van der Waals surface area contributed by atoms with Crippen molar-refractivity contribution in [2.24, 2.45) is 5.92 Å². The quantitative estimate of drug-likeness (QED) is 0.766. The first-order valence-corrected chi connectivity index (χ1v) is 6.38. The van der Waals surface area contributed by atoms with E-state index < -0.39 is 0 Å². The van der Waals surface area contributed by atoms with Gasteiger partial charge >= 0.3 is 0 Å². The molecule has 3 nitrogen and oxygen atoms in total. The number of hydrogen-bond donors (Lipinski definition) is 1. The Bertz CT molecular complexity index is 295. The van der Waals surface area contributed by atoms with Gasteiger partial charge in [-0.1, -0.05) is 19.8 Å². The molecule has 0 amide bonds. The standard InChI is InChI=1S/C13H21N3/c1-2-7-16-13(6-5-11-3-4-11)12-8-14-10-15-9-12/h8-11,13,16H,2-7H2,1H3. The molecule has 1 atom stereocenters. The Balaban J connectivity index is 1.89. The fraction of sp³-hybridized carbons (Fsp3) is 0.692. The molecule has 0 spiro atoms. The molecular formula is C13H21N3. The van der Waals surface area contributed by atoms with Crippen LogP contribution >= 0.6 is 0 Å². The second-order valence-corrected chi connectivity index (χ2v) is 4.70. The Labute approximate surface area is 97.7 Å². The third-order valence-corrected chi connectivity index (χ3v) is 3.18. The first kappa shape index (κ1) is 11.5. The lowest BCUT2D eigenvalue weighted by atomic mass is 10.0. The van der Waals surface area contributed by atoms with Gasteiger partial charge in [-0.3, -0.25) is 0 Å². The molecule has 0 bridgehead atoms. The minimum absolute atomic E-state index is 0.446. The van der Waals surface area contributed by atoms with Crippen LogP contribution in [0.15, 0.2) is 18.7 Å². The molecule has 2 rings (SSSR count). The number of hydrogen-bond acceptors (Lipinski definition) is 3. The van der Waals surface area contributed by atoms with Gasteiger partial charge in [0.1, 0.15) is 6.33 Å². The second-order valence-electron chi connectivity index (χ2n) is 4.70. The Morgan fingerprint density at radius 1 is 1.38 bits per heavy atom. The van der Waals surface area contributed by atoms with Crippen LogP contribution in [-0.2, 0) is 0 Å². The Morgan fingerprint density at radius 3 is 2.75 bits per heavy atom. The van der Waals surface area contributed by atoms with Crippen LogP contribution in [0.4, 0.5) is 0 Å². The molecular weight excluding hydrogens is 198 g/mol. The average Bonchev–Trinajstić information content (AvgIpc) is 3.14. The van der Waals surface area contributed by atoms with Crippen LogP contribution in [0, 0.1) is 5.92 Å². The average molecular weight is 219 g/mol. The molecule has 1 aromatic heterocycles. The lowest BCUT2D eigenvalue weighted by molar-refractivity contribution is 0.468. The minimum Gasteiger partial charge on any atom is -0.310 e. The topological polar surface area (TPSA) is 37.8 Å². The fourth-order valence-corrected chi connectivity index (χ4v) is 2.00. The van der Waals surface area contributed by atoms with Crippen molar-refractivity contribution in [3.63, 3.8) is 0 Å². The summed E-state index contributed by atoms with van der Waals surface area (Å²) in [6.07, 6.45) is 12.1. The molecule has 1 aliphatic carbocycles. The normalized spacial score (nSPS) is 17.3. The third-order valence-electron chi connectivity index (χ3n) is 3.18. The third kappa shape index (κ3) is 3.56. The van der Waals surface area contributed by atoms with E-state index in [1.807, 2.05) is 12.4 Å². The van der Waals surface area contributed by atoms with Gasteiger partial charge in [-0.2, -0.15) is 0 Å². The van der Waals surface area contributed by atoms with E-state index in [2.05, 4.69) is 22.2 Å². The minimum atomic E-state index is 0.446. The molecule has 1 N–H and O–H groups in total. The van der Waals surface area contributed by atoms with Gasteiger partial charge in [0.15, 0.2) is 0 Å². The molecule has 16 heavy (non-hydrogen) atoms. The number of aromatic nitrogens is 2. The number of nitrogens with zero attached hydrogens (tertiary/aromatic N) is 2. The van der Waals surface area contributed by atoms with E-state index in [-0.39, 0.29) is 0 Å². The fourth-order valence-electron chi connectivity index (χ4n) is 2.00. The van der Waals surface area contributed by atoms with Gasteiger partial charge in [-0.15, -0.1) is 0 Å². The second kappa shape index (κ2) is 5.94. The van der Waals surface area contributed by atoms with E-state index in [4.69, 9.17) is 0 Å². The van der Waals surface area contributed by atoms with Crippen LogP contribution < -0.4 is 5.32 Å². The summed E-state index contributed by atoms with van der Waals surface area (Å²) in [4.78, 5) is 8.21. The molecule has 1 saturated carbocycles. The van der Waals surface area contributed by atoms with Gasteiger partial charge in [0.2, 0.25) is 0 Å². The summed E-state index contributed by atoms with van der Waals surface area (Å²) >= 11 is 0. The van der Waals surface area contributed by atoms with E-state index in [0.717, 1.165) is 12.5 Å². The maximum atomic E-state index is 4.11. The molecule has 88 valence electrons. The van der Waals surface area contributed by atoms with Crippen LogP contribution in [-0.4, -0.2) is 16.5 Å². The van der Waals surface area contributed by atoms with Crippen molar-refractivity contribution >= 4 is 0 Å². The highest BCUT2D eigenvalue weighted by atomic mass is 14.9. The van der Waals surface area contributed by atoms with Crippen molar-refractivity contribution in [3.05, 3.63) is 24.3 Å². The van der Waals surface area contributed by atoms with Gasteiger partial charge in [0.25, 0.3) is 0 Å². The van der Waals surface area contributed by atoms with Crippen molar-refractivity contribution in [1.82, 2.24) is 15.3 Å². The molecule has 0 aliphatic heterocycles. The lowest BCUT2D eigenvalue weighted by Crippen LogP contribution is -2.22. The van der Waals surface area contributed by atoms with Crippen LogP contribution in [0.3, 0.4) is 0 Å². The molecule has 1 aromatic rings. The van der Waals surface area contributed by atoms with Gasteiger partial charge < -0.3 is 5.32 Å². The van der Waals surface area contributed by atoms with Crippen LogP contribution in [0.25, 0.3) is 0 Å². The van der Waals surface area contributed by atoms with Gasteiger partial charge in [-0.25, -0.2) is 9.97 Å². The number of nitrogens with one attached hydrogen (secondary N) is 1. The lowest BCUT2D eigenvalue weighted by Gasteiger charge is -2.18. The van der Waals surface area contributed by atoms with Crippen molar-refractivity contribution in [2.45, 2.75) is 45.1 Å². The summed E-state index contributed by atoms with van der Waals surface area (Å²) in [5, 5.41) is 3.59. The van der Waals surface area contributed by atoms with E-state index in [9.17, 15) is 0 Å². The Kier molecular flexibility index (Phi) is 4.28. The largest absolute Gasteiger partial charge is 0.310 e. The molecule has 1 heterocycles. The van der Waals surface area contributed by atoms with Crippen molar-refractivity contribution in [2.75, 3.05) is 6.54 Å². The van der Waals surface area contributed by atoms with Crippen LogP contribution in [0.2, 0.25) is 0 Å². The predicted molar refractivity (Wildman–Crippen MR) is 65.0 cm³/mol. The van der Waals surface area contributed by atoms with E-state index in [1.165, 1.54) is 37.7 Å². The zero-order valence-electron chi connectivity index (χ0n) is 10.0. The summed E-state index contributed by atoms with van der Waals surface area (Å²) in [6.45, 7) is 3.27. The first-order valence-electron chi connectivity index (χ1n) is 6.38.